The number of pyridine rings is 2. The average Bonchev–Trinajstić information content (AvgIpc) is 2.30. The summed E-state index contributed by atoms with van der Waals surface area (Å²) in [4.78, 5) is 11.4. The lowest BCUT2D eigenvalue weighted by Crippen LogP contribution is -2.31. The molecule has 82 valence electrons. The van der Waals surface area contributed by atoms with E-state index in [4.69, 9.17) is 0 Å². The van der Waals surface area contributed by atoms with Gasteiger partial charge in [0.15, 0.2) is 0 Å². The monoisotopic (exact) mass is 253 g/mol. The number of nitrogens with zero attached hydrogens (tertiary/aromatic N) is 2. The van der Waals surface area contributed by atoms with Gasteiger partial charge >= 0.3 is 5.03 Å². The minimum Gasteiger partial charge on any atom is -0.284 e. The molecule has 0 saturated carbocycles. The molecule has 0 fully saturated rings. The predicted molar refractivity (Wildman–Crippen MR) is 63.4 cm³/mol. The fourth-order valence-electron chi connectivity index (χ4n) is 1.04. The molecule has 0 aliphatic heterocycles. The molecule has 0 atom stereocenters. The lowest BCUT2D eigenvalue weighted by atomic mass is 10.5. The number of aromatic nitrogens is 2. The van der Waals surface area contributed by atoms with E-state index < -0.39 is 0 Å². The first-order chi connectivity index (χ1) is 7.77. The molecule has 0 saturated heterocycles. The van der Waals surface area contributed by atoms with Gasteiger partial charge in [0.1, 0.15) is 0 Å². The Morgan fingerprint density at radius 2 is 2.00 bits per heavy atom. The van der Waals surface area contributed by atoms with Gasteiger partial charge in [-0.2, -0.15) is 0 Å². The van der Waals surface area contributed by atoms with E-state index in [0.29, 0.717) is 5.03 Å². The van der Waals surface area contributed by atoms with E-state index in [9.17, 15) is 10.0 Å². The molecule has 0 aliphatic rings. The molecule has 16 heavy (non-hydrogen) atoms. The summed E-state index contributed by atoms with van der Waals surface area (Å²) in [5.41, 5.74) is -0.0829. The van der Waals surface area contributed by atoms with Gasteiger partial charge in [0.25, 0.3) is 5.56 Å². The Balaban J connectivity index is 2.12. The molecule has 2 heterocycles. The second-order valence-corrected chi connectivity index (χ2v) is 4.98. The fourth-order valence-corrected chi connectivity index (χ4v) is 2.95. The predicted octanol–water partition coefficient (Wildman–Crippen LogP) is 1.58. The first-order valence-electron chi connectivity index (χ1n) is 4.50. The van der Waals surface area contributed by atoms with Crippen molar-refractivity contribution in [1.29, 1.82) is 0 Å². The molecule has 0 unspecified atom stereocenters. The van der Waals surface area contributed by atoms with Crippen LogP contribution in [0.1, 0.15) is 0 Å². The largest absolute Gasteiger partial charge is 0.303 e. The van der Waals surface area contributed by atoms with Crippen LogP contribution in [-0.4, -0.2) is 9.18 Å². The summed E-state index contributed by atoms with van der Waals surface area (Å²) in [6, 6.07) is 10.3. The summed E-state index contributed by atoms with van der Waals surface area (Å²) in [5, 5.41) is 10.1. The van der Waals surface area contributed by atoms with Gasteiger partial charge in [-0.3, -0.25) is 10.0 Å². The van der Waals surface area contributed by atoms with E-state index >= 15 is 0 Å². The van der Waals surface area contributed by atoms with Gasteiger partial charge in [0, 0.05) is 50.9 Å². The van der Waals surface area contributed by atoms with Crippen molar-refractivity contribution < 1.29 is 9.94 Å². The Kier molecular flexibility index (Phi) is 3.53. The second-order valence-electron chi connectivity index (χ2n) is 2.91. The molecule has 0 spiro atoms. The van der Waals surface area contributed by atoms with Crippen molar-refractivity contribution in [3.8, 4) is 0 Å². The molecule has 2 aromatic heterocycles. The number of hydrogen-bond donors (Lipinski definition) is 1. The highest BCUT2D eigenvalue weighted by molar-refractivity contribution is 8.76. The number of hydrogen-bond acceptors (Lipinski definition) is 4. The van der Waals surface area contributed by atoms with Gasteiger partial charge in [0.05, 0.1) is 0 Å². The first kappa shape index (κ1) is 11.1. The van der Waals surface area contributed by atoms with E-state index in [0.717, 1.165) is 4.73 Å². The maximum absolute atomic E-state index is 11.4. The van der Waals surface area contributed by atoms with Gasteiger partial charge in [-0.05, 0) is 12.1 Å². The Bertz CT molecular complexity index is 542. The summed E-state index contributed by atoms with van der Waals surface area (Å²) in [6.45, 7) is 0. The van der Waals surface area contributed by atoms with Gasteiger partial charge in [-0.1, -0.05) is 6.07 Å². The Hall–Kier alpha value is -1.40. The van der Waals surface area contributed by atoms with E-state index in [1.807, 2.05) is 6.07 Å². The smallest absolute Gasteiger partial charge is 0.284 e. The fraction of sp³-hybridized carbons (Fsp3) is 0. The van der Waals surface area contributed by atoms with E-state index in [-0.39, 0.29) is 5.56 Å². The molecular formula is C10H9N2O2S2+. The molecule has 2 rings (SSSR count). The summed E-state index contributed by atoms with van der Waals surface area (Å²) >= 11 is 0. The van der Waals surface area contributed by atoms with Crippen LogP contribution in [0.15, 0.2) is 58.6 Å². The molecule has 4 nitrogen and oxygen atoms in total. The Morgan fingerprint density at radius 3 is 2.75 bits per heavy atom. The third-order valence-corrected chi connectivity index (χ3v) is 4.04. The molecule has 0 aromatic carbocycles. The highest BCUT2D eigenvalue weighted by Gasteiger charge is 2.10. The van der Waals surface area contributed by atoms with Crippen LogP contribution in [0.3, 0.4) is 0 Å². The minimum absolute atomic E-state index is 0.0829. The summed E-state index contributed by atoms with van der Waals surface area (Å²) in [6.07, 6.45) is 3.22. The van der Waals surface area contributed by atoms with Crippen LogP contribution in [0.5, 0.6) is 0 Å². The van der Waals surface area contributed by atoms with Crippen LogP contribution < -0.4 is 10.3 Å². The lowest BCUT2D eigenvalue weighted by molar-refractivity contribution is -0.932. The van der Waals surface area contributed by atoms with Gasteiger partial charge in [-0.15, -0.1) is 0 Å². The zero-order chi connectivity index (χ0) is 11.4. The van der Waals surface area contributed by atoms with E-state index in [1.165, 1.54) is 38.0 Å². The normalized spacial score (nSPS) is 10.2. The summed E-state index contributed by atoms with van der Waals surface area (Å²) in [5.74, 6) is 0. The topological polar surface area (TPSA) is 46.1 Å². The van der Waals surface area contributed by atoms with Crippen LogP contribution in [0.25, 0.3) is 0 Å². The highest BCUT2D eigenvalue weighted by Crippen LogP contribution is 2.27. The van der Waals surface area contributed by atoms with Crippen LogP contribution >= 0.6 is 21.8 Å². The van der Waals surface area contributed by atoms with Crippen LogP contribution in [0, 0.1) is 0 Å². The van der Waals surface area contributed by atoms with Crippen molar-refractivity contribution in [1.82, 2.24) is 3.97 Å². The molecule has 0 bridgehead atoms. The molecule has 0 aliphatic carbocycles. The van der Waals surface area contributed by atoms with Crippen molar-refractivity contribution >= 4 is 21.8 Å². The highest BCUT2D eigenvalue weighted by atomic mass is 33.1. The standard InChI is InChI=1S/C10H9N2O2S2/c13-9-5-1-4-8-12(9)16-15-10-6-2-3-7-11(10)14/h1-8,14H/q+1. The third-order valence-electron chi connectivity index (χ3n) is 1.79. The second kappa shape index (κ2) is 5.09. The Morgan fingerprint density at radius 1 is 1.19 bits per heavy atom. The minimum atomic E-state index is -0.0829. The molecule has 0 amide bonds. The SMILES string of the molecule is O=c1ccccn1SSc1cccc[n+]1O. The molecule has 0 radical (unpaired) electrons. The zero-order valence-corrected chi connectivity index (χ0v) is 9.82. The van der Waals surface area contributed by atoms with E-state index in [2.05, 4.69) is 0 Å². The third kappa shape index (κ3) is 2.59. The van der Waals surface area contributed by atoms with Crippen LogP contribution in [-0.2, 0) is 0 Å². The van der Waals surface area contributed by atoms with Crippen molar-refractivity contribution in [2.75, 3.05) is 0 Å². The number of rotatable bonds is 3. The van der Waals surface area contributed by atoms with Gasteiger partial charge < -0.3 is 0 Å². The van der Waals surface area contributed by atoms with Gasteiger partial charge in [-0.25, -0.2) is 3.97 Å². The van der Waals surface area contributed by atoms with Crippen molar-refractivity contribution in [2.45, 2.75) is 5.03 Å². The average molecular weight is 253 g/mol. The summed E-state index contributed by atoms with van der Waals surface area (Å²) < 4.78 is 2.52. The maximum Gasteiger partial charge on any atom is 0.303 e. The summed E-state index contributed by atoms with van der Waals surface area (Å²) in [7, 11) is 2.56. The first-order valence-corrected chi connectivity index (χ1v) is 6.61. The van der Waals surface area contributed by atoms with E-state index in [1.54, 1.807) is 30.5 Å². The maximum atomic E-state index is 11.4. The Labute approximate surface area is 100 Å². The van der Waals surface area contributed by atoms with Crippen molar-refractivity contribution in [3.05, 3.63) is 59.1 Å². The quantitative estimate of drug-likeness (QED) is 0.512. The molecule has 1 N–H and O–H groups in total. The van der Waals surface area contributed by atoms with Gasteiger partial charge in [0.2, 0.25) is 6.20 Å². The van der Waals surface area contributed by atoms with Crippen LogP contribution in [0.4, 0.5) is 0 Å². The van der Waals surface area contributed by atoms with Crippen molar-refractivity contribution in [2.24, 2.45) is 0 Å². The lowest BCUT2D eigenvalue weighted by Gasteiger charge is -1.99. The molecule has 2 aromatic rings. The zero-order valence-electron chi connectivity index (χ0n) is 8.19. The molecular weight excluding hydrogens is 244 g/mol. The molecule has 6 heteroatoms. The van der Waals surface area contributed by atoms with Crippen LogP contribution in [0.2, 0.25) is 0 Å². The van der Waals surface area contributed by atoms with Crippen molar-refractivity contribution in [3.63, 3.8) is 0 Å².